The van der Waals surface area contributed by atoms with Crippen molar-refractivity contribution in [3.63, 3.8) is 0 Å². The summed E-state index contributed by atoms with van der Waals surface area (Å²) in [5, 5.41) is 19.7. The molecule has 0 bridgehead atoms. The van der Waals surface area contributed by atoms with Crippen LogP contribution < -0.4 is 31.9 Å². The van der Waals surface area contributed by atoms with Crippen LogP contribution in [0.15, 0.2) is 97.1 Å². The summed E-state index contributed by atoms with van der Waals surface area (Å²) in [7, 11) is -12.4. The van der Waals surface area contributed by atoms with Crippen LogP contribution in [-0.2, 0) is 35.4 Å². The van der Waals surface area contributed by atoms with Gasteiger partial charge in [-0.1, -0.05) is 67.7 Å². The molecule has 101 heavy (non-hydrogen) atoms. The van der Waals surface area contributed by atoms with Crippen molar-refractivity contribution in [2.45, 2.75) is 203 Å². The van der Waals surface area contributed by atoms with Gasteiger partial charge in [0.1, 0.15) is 0 Å². The fourth-order valence-electron chi connectivity index (χ4n) is 9.87. The molecule has 556 valence electrons. The van der Waals surface area contributed by atoms with Crippen molar-refractivity contribution in [1.29, 1.82) is 0 Å². The minimum atomic E-state index is -2.60. The van der Waals surface area contributed by atoms with E-state index in [0.717, 1.165) is 63.8 Å². The number of anilines is 10. The Morgan fingerprint density at radius 2 is 0.604 bits per heavy atom. The Kier molecular flexibility index (Phi) is 35.1. The lowest BCUT2D eigenvalue weighted by molar-refractivity contribution is 0.0490. The summed E-state index contributed by atoms with van der Waals surface area (Å²) < 4.78 is 48.2. The second-order valence-corrected chi connectivity index (χ2v) is 54.6. The molecule has 0 saturated carbocycles. The van der Waals surface area contributed by atoms with Crippen LogP contribution >= 0.6 is 0 Å². The number of carbonyl (C=O) groups excluding carboxylic acids is 4. The maximum absolute atomic E-state index is 12.4. The van der Waals surface area contributed by atoms with Gasteiger partial charge in [0.2, 0.25) is 35.7 Å². The number of benzene rings is 4. The molecule has 2 aromatic heterocycles. The Morgan fingerprint density at radius 3 is 0.851 bits per heavy atom. The van der Waals surface area contributed by atoms with E-state index in [0.29, 0.717) is 120 Å². The summed E-state index contributed by atoms with van der Waals surface area (Å²) in [6.07, 6.45) is 7.93. The second-order valence-electron chi connectivity index (χ2n) is 28.7. The van der Waals surface area contributed by atoms with E-state index in [1.165, 1.54) is 0 Å². The molecule has 6 aromatic rings. The lowest BCUT2D eigenvalue weighted by Crippen LogP contribution is -2.56. The zero-order valence-electron chi connectivity index (χ0n) is 62.7. The Balaban J connectivity index is 0.000000424. The van der Waals surface area contributed by atoms with Crippen molar-refractivity contribution >= 4 is 133 Å². The highest BCUT2D eigenvalue weighted by Crippen LogP contribution is 2.32. The van der Waals surface area contributed by atoms with E-state index in [2.05, 4.69) is 160 Å². The number of nitrogens with one attached hydrogen (secondary N) is 6. The summed E-state index contributed by atoms with van der Waals surface area (Å²) in [6.45, 7) is 43.8. The van der Waals surface area contributed by atoms with Crippen molar-refractivity contribution in [2.75, 3.05) is 71.4 Å². The van der Waals surface area contributed by atoms with Gasteiger partial charge in [-0.05, 0) is 227 Å². The smallest absolute Gasteiger partial charge is 0.338 e. The van der Waals surface area contributed by atoms with Crippen molar-refractivity contribution in [1.82, 2.24) is 29.9 Å². The maximum atomic E-state index is 12.4. The van der Waals surface area contributed by atoms with Gasteiger partial charge in [-0.3, -0.25) is 0 Å². The summed E-state index contributed by atoms with van der Waals surface area (Å²) in [5.41, 5.74) is 4.71. The molecule has 6 rings (SSSR count). The number of nitrogens with zero attached hydrogens (tertiary/aromatic N) is 6. The number of aromatic nitrogens is 6. The summed E-state index contributed by atoms with van der Waals surface area (Å²) >= 11 is 0. The molecule has 0 amide bonds. The van der Waals surface area contributed by atoms with Crippen LogP contribution in [-0.4, -0.2) is 144 Å². The van der Waals surface area contributed by atoms with E-state index in [1.807, 2.05) is 27.7 Å². The molecule has 1 unspecified atom stereocenters. The van der Waals surface area contributed by atoms with E-state index < -0.39 is 50.4 Å². The zero-order valence-corrected chi connectivity index (χ0v) is 68.7. The third-order valence-corrected chi connectivity index (χ3v) is 34.1. The number of esters is 4. The molecule has 0 spiro atoms. The third-order valence-electron chi connectivity index (χ3n) is 14.3. The number of rotatable bonds is 41. The Labute approximate surface area is 607 Å². The predicted molar refractivity (Wildman–Crippen MR) is 423 cm³/mol. The van der Waals surface area contributed by atoms with Crippen LogP contribution in [0.1, 0.15) is 141 Å². The van der Waals surface area contributed by atoms with Crippen LogP contribution in [0, 0.1) is 0 Å². The Hall–Kier alpha value is -7.28. The predicted octanol–water partition coefficient (Wildman–Crippen LogP) is 18.3. The normalized spacial score (nSPS) is 12.1. The van der Waals surface area contributed by atoms with Gasteiger partial charge in [0, 0.05) is 41.4 Å². The Bertz CT molecular complexity index is 3300. The first-order valence-corrected chi connectivity index (χ1v) is 53.6. The molecule has 0 fully saturated rings. The average molecular weight is 1500 g/mol. The molecule has 30 heteroatoms. The van der Waals surface area contributed by atoms with E-state index in [4.69, 9.17) is 35.4 Å². The average Bonchev–Trinajstić information content (AvgIpc) is 0.822. The maximum Gasteiger partial charge on any atom is 0.338 e. The molecular weight excluding hydrogens is 1380 g/mol. The molecule has 0 saturated heterocycles. The Morgan fingerprint density at radius 1 is 0.356 bits per heavy atom. The lowest BCUT2D eigenvalue weighted by Gasteiger charge is -2.42. The monoisotopic (exact) mass is 1500 g/mol. The largest absolute Gasteiger partial charge is 0.462 e. The van der Waals surface area contributed by atoms with Gasteiger partial charge in [-0.25, -0.2) is 19.2 Å². The minimum Gasteiger partial charge on any atom is -0.462 e. The molecule has 24 nitrogen and oxygen atoms in total. The molecule has 4 aromatic carbocycles. The van der Waals surface area contributed by atoms with E-state index in [1.54, 1.807) is 97.1 Å². The molecular formula is C71H116N12O12Si6. The van der Waals surface area contributed by atoms with Gasteiger partial charge in [0.25, 0.3) is 0 Å². The fraction of sp³-hybridized carbons (Fsp3) is 0.521. The molecule has 0 aliphatic carbocycles. The molecule has 0 radical (unpaired) electrons. The third kappa shape index (κ3) is 33.2. The van der Waals surface area contributed by atoms with Gasteiger partial charge in [-0.15, -0.1) is 0 Å². The van der Waals surface area contributed by atoms with E-state index >= 15 is 0 Å². The second kappa shape index (κ2) is 41.1. The standard InChI is InChI=1S/2C35H56N6O6Si3.CH4/c1-11-13-23-44-31(42)27-15-19-29(20-16-27)37-34-39-33(36-25-26(3)50(10,46-48(4,5)6)47-49(7,8)9)40-35(41-34)38-30-21-17-28(18-22-30)32(43)45-24-14-12-2;1-10-12-24-44-31(42)27-15-19-29(20-16-27)37-34-39-33(36-23-14-26-50(9,46-48(3,4)5)47-49(6,7)8)40-35(41-34)38-30-21-17-28(18-22-30)32(43)45-25-13-11-2;/h15-22,26H,11-14,23-25H2,1-10H3,(H3,36,37,38,39,40,41);15-22H,10-14,23-26H2,1-9H3,(H3,36,37,38,39,40,41);1H4. The van der Waals surface area contributed by atoms with Gasteiger partial charge < -0.3 is 67.3 Å². The molecule has 2 heterocycles. The highest BCUT2D eigenvalue weighted by atomic mass is 28.5. The first kappa shape index (κ1) is 86.1. The molecule has 1 atom stereocenters. The molecule has 0 aliphatic rings. The quantitative estimate of drug-likeness (QED) is 0.00900. The SMILES string of the molecule is C.CCCCOC(=O)c1ccc(Nc2nc(NCC(C)[Si](C)(O[Si](C)(C)C)O[Si](C)(C)C)nc(Nc3ccc(C(=O)OCCCC)cc3)n2)cc1.CCCCOC(=O)c1ccc(Nc2nc(NCCC[Si](C)(O[Si](C)(C)C)O[Si](C)(C)C)nc(Nc3ccc(C(=O)OCCCC)cc3)n2)cc1. The number of carbonyl (C=O) groups is 4. The number of ether oxygens (including phenoxy) is 4. The summed E-state index contributed by atoms with van der Waals surface area (Å²) in [5.74, 6) is 0.534. The van der Waals surface area contributed by atoms with Crippen molar-refractivity contribution in [2.24, 2.45) is 0 Å². The topological polar surface area (TPSA) is 292 Å². The number of unbranched alkanes of at least 4 members (excludes halogenated alkanes) is 4. The van der Waals surface area contributed by atoms with E-state index in [-0.39, 0.29) is 36.8 Å². The number of hydrogen-bond donors (Lipinski definition) is 6. The first-order chi connectivity index (χ1) is 47.1. The van der Waals surface area contributed by atoms with Crippen molar-refractivity contribution in [3.8, 4) is 0 Å². The van der Waals surface area contributed by atoms with Crippen LogP contribution in [0.3, 0.4) is 0 Å². The van der Waals surface area contributed by atoms with Gasteiger partial charge in [0.15, 0.2) is 33.3 Å². The molecule has 6 N–H and O–H groups in total. The summed E-state index contributed by atoms with van der Waals surface area (Å²) in [4.78, 5) is 77.3. The lowest BCUT2D eigenvalue weighted by atomic mass is 10.2. The fourth-order valence-corrected chi connectivity index (χ4v) is 34.8. The molecule has 0 aliphatic heterocycles. The van der Waals surface area contributed by atoms with E-state index in [9.17, 15) is 19.2 Å². The summed E-state index contributed by atoms with van der Waals surface area (Å²) in [6, 6.07) is 28.7. The van der Waals surface area contributed by atoms with Crippen LogP contribution in [0.5, 0.6) is 0 Å². The number of hydrogen-bond acceptors (Lipinski definition) is 24. The minimum absolute atomic E-state index is 0. The van der Waals surface area contributed by atoms with Gasteiger partial charge in [0.05, 0.1) is 48.7 Å². The van der Waals surface area contributed by atoms with Crippen LogP contribution in [0.25, 0.3) is 0 Å². The highest BCUT2D eigenvalue weighted by molar-refractivity contribution is 6.89. The zero-order chi connectivity index (χ0) is 73.7. The van der Waals surface area contributed by atoms with Crippen molar-refractivity contribution in [3.05, 3.63) is 119 Å². The van der Waals surface area contributed by atoms with Crippen LogP contribution in [0.2, 0.25) is 103 Å². The van der Waals surface area contributed by atoms with Crippen LogP contribution in [0.4, 0.5) is 58.4 Å². The first-order valence-electron chi connectivity index (χ1n) is 35.1. The van der Waals surface area contributed by atoms with Gasteiger partial charge in [-0.2, -0.15) is 29.9 Å². The van der Waals surface area contributed by atoms with Crippen molar-refractivity contribution < 1.29 is 54.6 Å². The highest BCUT2D eigenvalue weighted by Gasteiger charge is 2.45. The van der Waals surface area contributed by atoms with Gasteiger partial charge >= 0.3 is 41.0 Å².